The lowest BCUT2D eigenvalue weighted by atomic mass is 9.82. The minimum absolute atomic E-state index is 0.113. The lowest BCUT2D eigenvalue weighted by molar-refractivity contribution is -0.283. The standard InChI is InChI=1S/C20H37O6P/c1-6-17-14(2)15(3)18(19(25-17)24-16-10-8-7-9-11-16)26-27(21)22-12-20(4,5)13-23-27/h14-19H,6-13H2,1-5H3. The van der Waals surface area contributed by atoms with Crippen LogP contribution in [-0.4, -0.2) is 37.8 Å². The minimum Gasteiger partial charge on any atom is -0.347 e. The number of hydrogen-bond donors (Lipinski definition) is 0. The Balaban J connectivity index is 1.72. The first-order valence-corrected chi connectivity index (χ1v) is 12.1. The summed E-state index contributed by atoms with van der Waals surface area (Å²) in [4.78, 5) is 0. The van der Waals surface area contributed by atoms with E-state index in [-0.39, 0.29) is 29.5 Å². The predicted octanol–water partition coefficient (Wildman–Crippen LogP) is 5.31. The van der Waals surface area contributed by atoms with E-state index in [1.165, 1.54) is 19.3 Å². The van der Waals surface area contributed by atoms with Crippen molar-refractivity contribution in [1.29, 1.82) is 0 Å². The Bertz CT molecular complexity index is 519. The second-order valence-corrected chi connectivity index (χ2v) is 10.9. The van der Waals surface area contributed by atoms with Crippen molar-refractivity contribution >= 4 is 7.82 Å². The highest BCUT2D eigenvalue weighted by Crippen LogP contribution is 2.57. The molecule has 0 aromatic carbocycles. The minimum atomic E-state index is -3.60. The topological polar surface area (TPSA) is 63.2 Å². The Hall–Kier alpha value is 0.0300. The van der Waals surface area contributed by atoms with E-state index in [9.17, 15) is 4.57 Å². The molecule has 0 N–H and O–H groups in total. The molecule has 158 valence electrons. The molecule has 0 bridgehead atoms. The highest BCUT2D eigenvalue weighted by atomic mass is 31.2. The van der Waals surface area contributed by atoms with Crippen molar-refractivity contribution in [3.05, 3.63) is 0 Å². The van der Waals surface area contributed by atoms with Crippen LogP contribution in [0.5, 0.6) is 0 Å². The van der Waals surface area contributed by atoms with Crippen molar-refractivity contribution in [3.63, 3.8) is 0 Å². The first kappa shape index (κ1) is 21.7. The molecule has 3 fully saturated rings. The molecule has 3 aliphatic rings. The summed E-state index contributed by atoms with van der Waals surface area (Å²) in [6.45, 7) is 11.2. The van der Waals surface area contributed by atoms with Gasteiger partial charge in [-0.15, -0.1) is 0 Å². The van der Waals surface area contributed by atoms with Gasteiger partial charge in [0.2, 0.25) is 0 Å². The molecule has 1 saturated carbocycles. The van der Waals surface area contributed by atoms with Crippen molar-refractivity contribution in [2.75, 3.05) is 13.2 Å². The second-order valence-electron chi connectivity index (χ2n) is 9.29. The summed E-state index contributed by atoms with van der Waals surface area (Å²) in [7, 11) is -3.60. The van der Waals surface area contributed by atoms with Crippen LogP contribution in [0.15, 0.2) is 0 Å². The first-order valence-electron chi connectivity index (χ1n) is 10.6. The maximum Gasteiger partial charge on any atom is 0.475 e. The van der Waals surface area contributed by atoms with Gasteiger partial charge in [0.25, 0.3) is 0 Å². The molecular formula is C20H37O6P. The van der Waals surface area contributed by atoms with Gasteiger partial charge >= 0.3 is 7.82 Å². The van der Waals surface area contributed by atoms with Crippen LogP contribution in [0.2, 0.25) is 0 Å². The molecule has 6 nitrogen and oxygen atoms in total. The van der Waals surface area contributed by atoms with Crippen LogP contribution >= 0.6 is 7.82 Å². The molecule has 2 heterocycles. The first-order chi connectivity index (χ1) is 12.7. The van der Waals surface area contributed by atoms with Gasteiger partial charge in [0.1, 0.15) is 6.10 Å². The Kier molecular flexibility index (Phi) is 7.09. The van der Waals surface area contributed by atoms with E-state index in [1.54, 1.807) is 0 Å². The third-order valence-corrected chi connectivity index (χ3v) is 7.66. The van der Waals surface area contributed by atoms with Crippen LogP contribution in [0.3, 0.4) is 0 Å². The molecule has 5 unspecified atom stereocenters. The monoisotopic (exact) mass is 404 g/mol. The van der Waals surface area contributed by atoms with Gasteiger partial charge in [0.15, 0.2) is 6.29 Å². The second kappa shape index (κ2) is 8.81. The summed E-state index contributed by atoms with van der Waals surface area (Å²) in [6.07, 6.45) is 5.96. The Morgan fingerprint density at radius 2 is 1.67 bits per heavy atom. The van der Waals surface area contributed by atoms with Gasteiger partial charge < -0.3 is 9.47 Å². The fourth-order valence-corrected chi connectivity index (χ4v) is 5.97. The number of hydrogen-bond acceptors (Lipinski definition) is 6. The quantitative estimate of drug-likeness (QED) is 0.579. The van der Waals surface area contributed by atoms with E-state index in [2.05, 4.69) is 20.8 Å². The molecule has 2 aliphatic heterocycles. The van der Waals surface area contributed by atoms with Gasteiger partial charge in [-0.05, 0) is 31.1 Å². The van der Waals surface area contributed by atoms with Gasteiger partial charge in [-0.2, -0.15) is 0 Å². The van der Waals surface area contributed by atoms with Crippen molar-refractivity contribution in [2.24, 2.45) is 17.3 Å². The largest absolute Gasteiger partial charge is 0.475 e. The molecule has 2 saturated heterocycles. The van der Waals surface area contributed by atoms with Crippen molar-refractivity contribution in [1.82, 2.24) is 0 Å². The Morgan fingerprint density at radius 3 is 2.26 bits per heavy atom. The molecule has 27 heavy (non-hydrogen) atoms. The molecular weight excluding hydrogens is 367 g/mol. The maximum atomic E-state index is 13.1. The molecule has 1 aliphatic carbocycles. The van der Waals surface area contributed by atoms with Gasteiger partial charge in [-0.25, -0.2) is 4.57 Å². The van der Waals surface area contributed by atoms with Crippen LogP contribution in [0.1, 0.15) is 73.1 Å². The molecule has 0 aromatic heterocycles. The summed E-state index contributed by atoms with van der Waals surface area (Å²) < 4.78 is 42.8. The van der Waals surface area contributed by atoms with Gasteiger partial charge in [-0.1, -0.05) is 53.9 Å². The van der Waals surface area contributed by atoms with Crippen LogP contribution < -0.4 is 0 Å². The number of rotatable bonds is 5. The zero-order chi connectivity index (χ0) is 19.7. The highest BCUT2D eigenvalue weighted by Gasteiger charge is 2.49. The van der Waals surface area contributed by atoms with Crippen LogP contribution in [0, 0.1) is 17.3 Å². The van der Waals surface area contributed by atoms with Crippen LogP contribution in [0.25, 0.3) is 0 Å². The predicted molar refractivity (Wildman–Crippen MR) is 103 cm³/mol. The Labute approximate surface area is 164 Å². The molecule has 0 radical (unpaired) electrons. The molecule has 0 spiro atoms. The summed E-state index contributed by atoms with van der Waals surface area (Å²) in [5, 5.41) is 0. The van der Waals surface area contributed by atoms with Crippen molar-refractivity contribution in [3.8, 4) is 0 Å². The van der Waals surface area contributed by atoms with Crippen molar-refractivity contribution in [2.45, 2.75) is 97.7 Å². The summed E-state index contributed by atoms with van der Waals surface area (Å²) >= 11 is 0. The molecule has 3 rings (SSSR count). The van der Waals surface area contributed by atoms with E-state index >= 15 is 0 Å². The lowest BCUT2D eigenvalue weighted by Crippen LogP contribution is -2.52. The van der Waals surface area contributed by atoms with E-state index in [4.69, 9.17) is 23.0 Å². The molecule has 5 atom stereocenters. The number of phosphoric acid groups is 1. The SMILES string of the molecule is CCC1OC(OC2CCCCC2)C(OP2(=O)OCC(C)(C)CO2)C(C)C1C. The lowest BCUT2D eigenvalue weighted by Gasteiger charge is -2.46. The summed E-state index contributed by atoms with van der Waals surface area (Å²) in [5.41, 5.74) is -0.162. The average Bonchev–Trinajstić information content (AvgIpc) is 2.65. The molecule has 7 heteroatoms. The normalized spacial score (nSPS) is 40.0. The number of phosphoric ester groups is 1. The number of ether oxygens (including phenoxy) is 2. The van der Waals surface area contributed by atoms with Gasteiger partial charge in [0.05, 0.1) is 25.4 Å². The van der Waals surface area contributed by atoms with Gasteiger partial charge in [0, 0.05) is 5.41 Å². The van der Waals surface area contributed by atoms with E-state index in [1.807, 2.05) is 13.8 Å². The van der Waals surface area contributed by atoms with E-state index < -0.39 is 20.2 Å². The zero-order valence-electron chi connectivity index (χ0n) is 17.5. The smallest absolute Gasteiger partial charge is 0.347 e. The molecule has 0 amide bonds. The highest BCUT2D eigenvalue weighted by molar-refractivity contribution is 7.48. The van der Waals surface area contributed by atoms with Crippen LogP contribution in [-0.2, 0) is 27.6 Å². The maximum absolute atomic E-state index is 13.1. The zero-order valence-corrected chi connectivity index (χ0v) is 18.4. The van der Waals surface area contributed by atoms with E-state index in [0.29, 0.717) is 13.2 Å². The average molecular weight is 404 g/mol. The van der Waals surface area contributed by atoms with Crippen LogP contribution in [0.4, 0.5) is 0 Å². The third kappa shape index (κ3) is 5.34. The van der Waals surface area contributed by atoms with Gasteiger partial charge in [-0.3, -0.25) is 13.6 Å². The third-order valence-electron chi connectivity index (χ3n) is 6.27. The summed E-state index contributed by atoms with van der Waals surface area (Å²) in [5.74, 6) is 0.407. The van der Waals surface area contributed by atoms with Crippen molar-refractivity contribution < 1.29 is 27.6 Å². The van der Waals surface area contributed by atoms with E-state index in [0.717, 1.165) is 19.3 Å². The fourth-order valence-electron chi connectivity index (χ4n) is 4.17. The summed E-state index contributed by atoms with van der Waals surface area (Å²) in [6, 6.07) is 0. The Morgan fingerprint density at radius 1 is 1.04 bits per heavy atom. The fraction of sp³-hybridized carbons (Fsp3) is 1.00. The molecule has 0 aromatic rings.